The van der Waals surface area contributed by atoms with Crippen LogP contribution in [0.5, 0.6) is 0 Å². The van der Waals surface area contributed by atoms with Gasteiger partial charge in [-0.2, -0.15) is 0 Å². The van der Waals surface area contributed by atoms with Crippen LogP contribution in [-0.4, -0.2) is 56.5 Å². The number of ether oxygens (including phenoxy) is 1. The molecule has 0 fully saturated rings. The summed E-state index contributed by atoms with van der Waals surface area (Å²) in [6, 6.07) is 0. The van der Waals surface area contributed by atoms with Gasteiger partial charge in [-0.3, -0.25) is 9.59 Å². The Balaban J connectivity index is 2.38. The highest BCUT2D eigenvalue weighted by molar-refractivity contribution is 7.09. The number of ketones is 1. The number of hydrogen-bond donors (Lipinski definition) is 3. The zero-order valence-corrected chi connectivity index (χ0v) is 22.7. The lowest BCUT2D eigenvalue weighted by Gasteiger charge is -2.34. The van der Waals surface area contributed by atoms with Gasteiger partial charge in [-0.05, 0) is 37.8 Å². The fourth-order valence-electron chi connectivity index (χ4n) is 4.33. The van der Waals surface area contributed by atoms with Gasteiger partial charge in [0.15, 0.2) is 0 Å². The Labute approximate surface area is 212 Å². The highest BCUT2D eigenvalue weighted by atomic mass is 32.1. The minimum Gasteiger partial charge on any atom is -0.458 e. The van der Waals surface area contributed by atoms with Crippen molar-refractivity contribution in [2.24, 2.45) is 23.2 Å². The maximum absolute atomic E-state index is 13.2. The van der Waals surface area contributed by atoms with Gasteiger partial charge in [0.05, 0.1) is 40.8 Å². The van der Waals surface area contributed by atoms with Gasteiger partial charge in [-0.15, -0.1) is 11.3 Å². The van der Waals surface area contributed by atoms with Crippen molar-refractivity contribution < 1.29 is 29.6 Å². The second-order valence-corrected chi connectivity index (χ2v) is 11.6. The minimum absolute atomic E-state index is 0.177. The molecule has 2 heterocycles. The summed E-state index contributed by atoms with van der Waals surface area (Å²) < 4.78 is 5.74. The van der Waals surface area contributed by atoms with Crippen LogP contribution in [0.2, 0.25) is 0 Å². The quantitative estimate of drug-likeness (QED) is 0.408. The second-order valence-electron chi connectivity index (χ2n) is 10.5. The van der Waals surface area contributed by atoms with Crippen LogP contribution in [0.15, 0.2) is 23.1 Å². The van der Waals surface area contributed by atoms with Crippen molar-refractivity contribution in [2.45, 2.75) is 92.1 Å². The molecule has 7 nitrogen and oxygen atoms in total. The molecule has 0 aliphatic carbocycles. The summed E-state index contributed by atoms with van der Waals surface area (Å²) >= 11 is 1.52. The van der Waals surface area contributed by atoms with E-state index in [1.165, 1.54) is 11.3 Å². The number of carbonyl (C=O) groups is 2. The summed E-state index contributed by atoms with van der Waals surface area (Å²) in [4.78, 5) is 30.5. The summed E-state index contributed by atoms with van der Waals surface area (Å²) in [5, 5.41) is 35.3. The van der Waals surface area contributed by atoms with E-state index in [9.17, 15) is 24.9 Å². The van der Waals surface area contributed by atoms with Gasteiger partial charge in [0, 0.05) is 23.6 Å². The van der Waals surface area contributed by atoms with E-state index in [1.54, 1.807) is 20.8 Å². The number of nitrogens with zero attached hydrogens (tertiary/aromatic N) is 1. The molecular formula is C27H41NO6S. The normalized spacial score (nSPS) is 34.9. The molecule has 1 aliphatic rings. The number of carbonyl (C=O) groups excluding carboxylic acids is 2. The maximum Gasteiger partial charge on any atom is 0.309 e. The van der Waals surface area contributed by atoms with Gasteiger partial charge in [-0.25, -0.2) is 4.98 Å². The second kappa shape index (κ2) is 12.4. The molecule has 7 atom stereocenters. The van der Waals surface area contributed by atoms with Gasteiger partial charge in [0.25, 0.3) is 0 Å². The molecule has 0 saturated carbocycles. The third-order valence-electron chi connectivity index (χ3n) is 7.14. The Morgan fingerprint density at radius 1 is 1.20 bits per heavy atom. The van der Waals surface area contributed by atoms with Crippen LogP contribution < -0.4 is 0 Å². The Bertz CT molecular complexity index is 936. The SMILES string of the molecule is C/C(=C\c1csc(C)n1)C1CC(O)C(C)/C=C\CC(C)C(O)C(C)C(=O)C(C)(C)C(O)CC(=O)O1. The third kappa shape index (κ3) is 7.81. The molecule has 1 aromatic rings. The van der Waals surface area contributed by atoms with Gasteiger partial charge in [-0.1, -0.05) is 46.8 Å². The smallest absolute Gasteiger partial charge is 0.309 e. The zero-order chi connectivity index (χ0) is 26.5. The van der Waals surface area contributed by atoms with Crippen molar-refractivity contribution in [3.63, 3.8) is 0 Å². The van der Waals surface area contributed by atoms with Crippen molar-refractivity contribution in [1.82, 2.24) is 4.98 Å². The number of rotatable bonds is 2. The van der Waals surface area contributed by atoms with E-state index in [4.69, 9.17) is 4.74 Å². The summed E-state index contributed by atoms with van der Waals surface area (Å²) in [6.07, 6.45) is 2.31. The molecule has 0 radical (unpaired) electrons. The number of cyclic esters (lactones) is 1. The van der Waals surface area contributed by atoms with Crippen LogP contribution in [0.25, 0.3) is 6.08 Å². The molecule has 2 rings (SSSR count). The Kier molecular flexibility index (Phi) is 10.4. The molecule has 0 spiro atoms. The predicted molar refractivity (Wildman–Crippen MR) is 138 cm³/mol. The van der Waals surface area contributed by atoms with E-state index in [0.717, 1.165) is 16.3 Å². The first-order chi connectivity index (χ1) is 16.2. The van der Waals surface area contributed by atoms with Gasteiger partial charge in [0.2, 0.25) is 0 Å². The Morgan fingerprint density at radius 2 is 1.86 bits per heavy atom. The van der Waals surface area contributed by atoms with E-state index in [1.807, 2.05) is 51.3 Å². The summed E-state index contributed by atoms with van der Waals surface area (Å²) in [7, 11) is 0. The lowest BCUT2D eigenvalue weighted by molar-refractivity contribution is -0.155. The number of aliphatic hydroxyl groups excluding tert-OH is 3. The van der Waals surface area contributed by atoms with E-state index < -0.39 is 41.7 Å². The van der Waals surface area contributed by atoms with E-state index in [0.29, 0.717) is 6.42 Å². The minimum atomic E-state index is -1.28. The number of thiazole rings is 1. The van der Waals surface area contributed by atoms with Crippen LogP contribution in [-0.2, 0) is 14.3 Å². The molecule has 1 aliphatic heterocycles. The molecule has 0 amide bonds. The topological polar surface area (TPSA) is 117 Å². The lowest BCUT2D eigenvalue weighted by Crippen LogP contribution is -2.45. The molecule has 3 N–H and O–H groups in total. The molecule has 7 unspecified atom stereocenters. The molecule has 0 bridgehead atoms. The maximum atomic E-state index is 13.2. The van der Waals surface area contributed by atoms with E-state index in [2.05, 4.69) is 4.98 Å². The molecule has 0 aromatic carbocycles. The van der Waals surface area contributed by atoms with Crippen molar-refractivity contribution in [1.29, 1.82) is 0 Å². The zero-order valence-electron chi connectivity index (χ0n) is 21.9. The van der Waals surface area contributed by atoms with Crippen LogP contribution in [0.4, 0.5) is 0 Å². The molecular weight excluding hydrogens is 466 g/mol. The fourth-order valence-corrected chi connectivity index (χ4v) is 4.90. The first-order valence-electron chi connectivity index (χ1n) is 12.3. The fraction of sp³-hybridized carbons (Fsp3) is 0.667. The van der Waals surface area contributed by atoms with Crippen LogP contribution >= 0.6 is 11.3 Å². The van der Waals surface area contributed by atoms with Crippen molar-refractivity contribution in [3.8, 4) is 0 Å². The number of hydrogen-bond acceptors (Lipinski definition) is 8. The van der Waals surface area contributed by atoms with Crippen molar-refractivity contribution >= 4 is 29.2 Å². The average Bonchev–Trinajstić information content (AvgIpc) is 3.20. The van der Waals surface area contributed by atoms with Gasteiger partial charge in [0.1, 0.15) is 11.9 Å². The summed E-state index contributed by atoms with van der Waals surface area (Å²) in [5.74, 6) is -2.08. The van der Waals surface area contributed by atoms with E-state index in [-0.39, 0.29) is 30.5 Å². The average molecular weight is 508 g/mol. The Hall–Kier alpha value is -1.87. The molecule has 196 valence electrons. The highest BCUT2D eigenvalue weighted by Crippen LogP contribution is 2.32. The highest BCUT2D eigenvalue weighted by Gasteiger charge is 2.42. The largest absolute Gasteiger partial charge is 0.458 e. The third-order valence-corrected chi connectivity index (χ3v) is 7.93. The standard InChI is InChI=1S/C27H41NO6S/c1-15-9-8-10-16(2)25(32)18(4)26(33)27(6,7)23(30)13-24(31)34-22(12-21(15)29)17(3)11-20-14-35-19(5)28-20/h8-9,11,14-16,18,21-23,25,29-30,32H,10,12-13H2,1-7H3/b9-8-,17-11+. The number of aliphatic hydroxyl groups is 3. The first-order valence-corrected chi connectivity index (χ1v) is 13.2. The summed E-state index contributed by atoms with van der Waals surface area (Å²) in [5.41, 5.74) is 0.234. The predicted octanol–water partition coefficient (Wildman–Crippen LogP) is 4.09. The number of aromatic nitrogens is 1. The number of esters is 1. The van der Waals surface area contributed by atoms with Gasteiger partial charge >= 0.3 is 5.97 Å². The molecule has 0 saturated heterocycles. The number of allylic oxidation sites excluding steroid dienone is 1. The van der Waals surface area contributed by atoms with Crippen LogP contribution in [0.3, 0.4) is 0 Å². The number of Topliss-reactive ketones (excluding diaryl/α,β-unsaturated/α-hetero) is 1. The molecule has 1 aromatic heterocycles. The Morgan fingerprint density at radius 3 is 2.46 bits per heavy atom. The van der Waals surface area contributed by atoms with E-state index >= 15 is 0 Å². The van der Waals surface area contributed by atoms with Crippen molar-refractivity contribution in [3.05, 3.63) is 33.8 Å². The van der Waals surface area contributed by atoms with Gasteiger partial charge < -0.3 is 20.1 Å². The van der Waals surface area contributed by atoms with Crippen LogP contribution in [0.1, 0.15) is 71.5 Å². The lowest BCUT2D eigenvalue weighted by atomic mass is 9.73. The number of aryl methyl sites for hydroxylation is 1. The van der Waals surface area contributed by atoms with Crippen LogP contribution in [0, 0.1) is 30.1 Å². The molecule has 35 heavy (non-hydrogen) atoms. The molecule has 8 heteroatoms. The first kappa shape index (κ1) is 29.4. The monoisotopic (exact) mass is 507 g/mol. The van der Waals surface area contributed by atoms with Crippen molar-refractivity contribution in [2.75, 3.05) is 0 Å². The summed E-state index contributed by atoms with van der Waals surface area (Å²) in [6.45, 7) is 12.3.